The molecule has 34 heavy (non-hydrogen) atoms. The van der Waals surface area contributed by atoms with Gasteiger partial charge in [0.15, 0.2) is 6.10 Å². The van der Waals surface area contributed by atoms with E-state index in [-0.39, 0.29) is 5.60 Å². The molecule has 1 aliphatic heterocycles. The Bertz CT molecular complexity index is 1220. The van der Waals surface area contributed by atoms with Gasteiger partial charge in [0.1, 0.15) is 5.82 Å². The number of aliphatic hydroxyl groups is 1. The van der Waals surface area contributed by atoms with E-state index in [1.54, 1.807) is 13.0 Å². The zero-order valence-corrected chi connectivity index (χ0v) is 21.2. The second-order valence-electron chi connectivity index (χ2n) is 8.70. The molecule has 1 aromatic carbocycles. The number of aryl methyl sites for hydroxylation is 1. The van der Waals surface area contributed by atoms with Gasteiger partial charge in [-0.1, -0.05) is 34.1 Å². The van der Waals surface area contributed by atoms with Gasteiger partial charge in [0, 0.05) is 29.3 Å². The maximum absolute atomic E-state index is 12.3. The van der Waals surface area contributed by atoms with Crippen molar-refractivity contribution in [1.82, 2.24) is 14.4 Å². The molecular weight excluding hydrogens is 500 g/mol. The van der Waals surface area contributed by atoms with Gasteiger partial charge in [0.25, 0.3) is 0 Å². The van der Waals surface area contributed by atoms with Crippen LogP contribution in [0.1, 0.15) is 37.1 Å². The number of piperidine rings is 1. The maximum atomic E-state index is 12.3. The molecule has 8 nitrogen and oxygen atoms in total. The molecule has 1 saturated heterocycles. The summed E-state index contributed by atoms with van der Waals surface area (Å²) >= 11 is 3.51. The summed E-state index contributed by atoms with van der Waals surface area (Å²) in [5, 5.41) is 10.9. The number of ether oxygens (including phenoxy) is 2. The summed E-state index contributed by atoms with van der Waals surface area (Å²) in [4.78, 5) is 23.9. The van der Waals surface area contributed by atoms with Crippen LogP contribution in [0.15, 0.2) is 47.6 Å². The van der Waals surface area contributed by atoms with Crippen molar-refractivity contribution in [1.29, 1.82) is 0 Å². The minimum absolute atomic E-state index is 0.260. The van der Waals surface area contributed by atoms with Crippen molar-refractivity contribution in [2.75, 3.05) is 31.7 Å². The number of aliphatic hydroxyl groups excluding tert-OH is 1. The smallest absolute Gasteiger partial charge is 0.339 e. The first kappa shape index (κ1) is 24.4. The summed E-state index contributed by atoms with van der Waals surface area (Å²) < 4.78 is 13.7. The van der Waals surface area contributed by atoms with Crippen LogP contribution in [-0.2, 0) is 14.3 Å². The number of imidazole rings is 1. The van der Waals surface area contributed by atoms with Crippen molar-refractivity contribution < 1.29 is 19.4 Å². The predicted molar refractivity (Wildman–Crippen MR) is 134 cm³/mol. The number of carbonyl (C=O) groups excluding carboxylic acids is 1. The summed E-state index contributed by atoms with van der Waals surface area (Å²) in [6.45, 7) is 9.48. The largest absolute Gasteiger partial charge is 0.467 e. The number of aromatic nitrogens is 3. The lowest BCUT2D eigenvalue weighted by atomic mass is 9.92. The average molecular weight is 529 g/mol. The average Bonchev–Trinajstić information content (AvgIpc) is 3.25. The van der Waals surface area contributed by atoms with E-state index >= 15 is 0 Å². The van der Waals surface area contributed by atoms with Gasteiger partial charge in [0.2, 0.25) is 5.78 Å². The first-order valence-electron chi connectivity index (χ1n) is 11.2. The number of esters is 1. The van der Waals surface area contributed by atoms with Gasteiger partial charge in [-0.15, -0.1) is 6.58 Å². The van der Waals surface area contributed by atoms with Gasteiger partial charge < -0.3 is 19.5 Å². The van der Waals surface area contributed by atoms with Crippen LogP contribution in [0.2, 0.25) is 0 Å². The number of methoxy groups -OCH3 is 1. The SMILES string of the molecule is C=CCOC1(C)CCN(c2c(C(O)C(=O)OC)c(C)nc3nc(-c4cccc(Br)c4)cn23)CC1. The highest BCUT2D eigenvalue weighted by molar-refractivity contribution is 9.10. The van der Waals surface area contributed by atoms with Crippen molar-refractivity contribution in [2.24, 2.45) is 0 Å². The number of halogens is 1. The highest BCUT2D eigenvalue weighted by Gasteiger charge is 2.35. The van der Waals surface area contributed by atoms with Crippen LogP contribution in [0.5, 0.6) is 0 Å². The summed E-state index contributed by atoms with van der Waals surface area (Å²) in [5.74, 6) is 0.466. The molecule has 1 atom stereocenters. The van der Waals surface area contributed by atoms with Crippen LogP contribution in [0.25, 0.3) is 17.0 Å². The third-order valence-corrected chi connectivity index (χ3v) is 6.80. The number of rotatable bonds is 7. The van der Waals surface area contributed by atoms with Crippen LogP contribution >= 0.6 is 15.9 Å². The zero-order valence-electron chi connectivity index (χ0n) is 19.6. The van der Waals surface area contributed by atoms with Crippen molar-refractivity contribution in [2.45, 2.75) is 38.4 Å². The standard InChI is InChI=1S/C25H29BrN4O4/c1-5-13-34-25(3)9-11-29(12-10-25)22-20(21(31)23(32)33-4)16(2)27-24-28-19(15-30(22)24)17-7-6-8-18(26)14-17/h5-8,14-15,21,31H,1,9-13H2,2-4H3. The Kier molecular flexibility index (Phi) is 7.06. The molecule has 0 bridgehead atoms. The molecular formula is C25H29BrN4O4. The fourth-order valence-corrected chi connectivity index (χ4v) is 4.76. The van der Waals surface area contributed by atoms with Crippen molar-refractivity contribution in [3.05, 3.63) is 58.8 Å². The second-order valence-corrected chi connectivity index (χ2v) is 9.62. The molecule has 2 aromatic heterocycles. The first-order chi connectivity index (χ1) is 16.3. The van der Waals surface area contributed by atoms with Crippen molar-refractivity contribution in [3.8, 4) is 11.3 Å². The molecule has 1 aliphatic rings. The predicted octanol–water partition coefficient (Wildman–Crippen LogP) is 4.24. The molecule has 9 heteroatoms. The van der Waals surface area contributed by atoms with Gasteiger partial charge in [-0.05, 0) is 38.8 Å². The monoisotopic (exact) mass is 528 g/mol. The minimum Gasteiger partial charge on any atom is -0.467 e. The molecule has 0 radical (unpaired) electrons. The van der Waals surface area contributed by atoms with Crippen LogP contribution < -0.4 is 4.90 Å². The van der Waals surface area contributed by atoms with E-state index in [0.29, 0.717) is 42.5 Å². The number of fused-ring (bicyclic) bond motifs is 1. The molecule has 0 saturated carbocycles. The fourth-order valence-electron chi connectivity index (χ4n) is 4.36. The summed E-state index contributed by atoms with van der Waals surface area (Å²) in [6.07, 6.45) is 3.76. The Labute approximate surface area is 207 Å². The molecule has 3 heterocycles. The molecule has 180 valence electrons. The Morgan fingerprint density at radius 2 is 2.09 bits per heavy atom. The Balaban J connectivity index is 1.82. The number of anilines is 1. The zero-order chi connectivity index (χ0) is 24.5. The summed E-state index contributed by atoms with van der Waals surface area (Å²) in [7, 11) is 1.26. The number of nitrogens with zero attached hydrogens (tertiary/aromatic N) is 4. The molecule has 1 unspecified atom stereocenters. The topological polar surface area (TPSA) is 89.2 Å². The quantitative estimate of drug-likeness (QED) is 0.362. The third-order valence-electron chi connectivity index (χ3n) is 6.30. The van der Waals surface area contributed by atoms with E-state index in [0.717, 1.165) is 28.6 Å². The molecule has 0 spiro atoms. The van der Waals surface area contributed by atoms with Crippen LogP contribution in [0, 0.1) is 6.92 Å². The number of carbonyl (C=O) groups is 1. The van der Waals surface area contributed by atoms with E-state index in [2.05, 4.69) is 39.3 Å². The highest BCUT2D eigenvalue weighted by atomic mass is 79.9. The van der Waals surface area contributed by atoms with Gasteiger partial charge in [-0.2, -0.15) is 0 Å². The Hall–Kier alpha value is -2.75. The van der Waals surface area contributed by atoms with Gasteiger partial charge in [-0.3, -0.25) is 4.40 Å². The molecule has 4 rings (SSSR count). The van der Waals surface area contributed by atoms with E-state index in [1.807, 2.05) is 34.9 Å². The fraction of sp³-hybridized carbons (Fsp3) is 0.400. The lowest BCUT2D eigenvalue weighted by Gasteiger charge is -2.41. The van der Waals surface area contributed by atoms with E-state index in [9.17, 15) is 9.90 Å². The lowest BCUT2D eigenvalue weighted by Crippen LogP contribution is -2.45. The highest BCUT2D eigenvalue weighted by Crippen LogP contribution is 2.36. The molecule has 1 N–H and O–H groups in total. The molecule has 1 fully saturated rings. The van der Waals surface area contributed by atoms with Crippen LogP contribution in [-0.4, -0.2) is 57.9 Å². The van der Waals surface area contributed by atoms with Crippen molar-refractivity contribution >= 4 is 33.5 Å². The Morgan fingerprint density at radius 3 is 2.74 bits per heavy atom. The van der Waals surface area contributed by atoms with Crippen LogP contribution in [0.4, 0.5) is 5.82 Å². The number of benzene rings is 1. The molecule has 3 aromatic rings. The number of hydrogen-bond acceptors (Lipinski definition) is 7. The molecule has 0 aliphatic carbocycles. The maximum Gasteiger partial charge on any atom is 0.339 e. The van der Waals surface area contributed by atoms with Crippen molar-refractivity contribution in [3.63, 3.8) is 0 Å². The summed E-state index contributed by atoms with van der Waals surface area (Å²) in [5.41, 5.74) is 2.37. The van der Waals surface area contributed by atoms with E-state index in [4.69, 9.17) is 14.5 Å². The van der Waals surface area contributed by atoms with E-state index < -0.39 is 12.1 Å². The second kappa shape index (κ2) is 9.85. The molecule has 0 amide bonds. The third kappa shape index (κ3) is 4.73. The lowest BCUT2D eigenvalue weighted by molar-refractivity contribution is -0.150. The number of hydrogen-bond donors (Lipinski definition) is 1. The van der Waals surface area contributed by atoms with Gasteiger partial charge in [-0.25, -0.2) is 14.8 Å². The van der Waals surface area contributed by atoms with Crippen LogP contribution in [0.3, 0.4) is 0 Å². The van der Waals surface area contributed by atoms with Gasteiger partial charge >= 0.3 is 5.97 Å². The normalized spacial score (nSPS) is 16.4. The van der Waals surface area contributed by atoms with Gasteiger partial charge in [0.05, 0.1) is 36.3 Å². The minimum atomic E-state index is -1.46. The first-order valence-corrected chi connectivity index (χ1v) is 12.0. The van der Waals surface area contributed by atoms with E-state index in [1.165, 1.54) is 7.11 Å². The Morgan fingerprint density at radius 1 is 1.35 bits per heavy atom. The summed E-state index contributed by atoms with van der Waals surface area (Å²) in [6, 6.07) is 7.87.